The molecule has 1 saturated carbocycles. The van der Waals surface area contributed by atoms with Crippen LogP contribution in [0.3, 0.4) is 0 Å². The zero-order chi connectivity index (χ0) is 27.1. The SMILES string of the molecule is CC(N/C(Nc1ccccc1)=C1/C(=O)N(C)C2=N[C@@H]3CCC[C@@H]3N2C1N)c1ccc(-c2ccc(F)cn2)cc1. The topological polar surface area (TPSA) is 98.9 Å². The smallest absolute Gasteiger partial charge is 0.263 e. The van der Waals surface area contributed by atoms with Crippen LogP contribution in [0.15, 0.2) is 89.3 Å². The van der Waals surface area contributed by atoms with E-state index in [1.54, 1.807) is 18.0 Å². The van der Waals surface area contributed by atoms with Crippen LogP contribution in [0.5, 0.6) is 0 Å². The second-order valence-corrected chi connectivity index (χ2v) is 10.3. The Morgan fingerprint density at radius 3 is 2.56 bits per heavy atom. The average molecular weight is 526 g/mol. The van der Waals surface area contributed by atoms with Gasteiger partial charge in [0.1, 0.15) is 17.8 Å². The molecule has 6 rings (SSSR count). The summed E-state index contributed by atoms with van der Waals surface area (Å²) in [5.41, 5.74) is 10.8. The van der Waals surface area contributed by atoms with Gasteiger partial charge in [-0.3, -0.25) is 14.7 Å². The van der Waals surface area contributed by atoms with Gasteiger partial charge in [-0.2, -0.15) is 0 Å². The third-order valence-corrected chi connectivity index (χ3v) is 7.85. The number of anilines is 1. The lowest BCUT2D eigenvalue weighted by Crippen LogP contribution is -2.62. The third-order valence-electron chi connectivity index (χ3n) is 7.85. The normalized spacial score (nSPS) is 24.2. The summed E-state index contributed by atoms with van der Waals surface area (Å²) >= 11 is 0. The van der Waals surface area contributed by atoms with Crippen molar-refractivity contribution in [3.05, 3.63) is 95.7 Å². The molecule has 2 fully saturated rings. The fraction of sp³-hybridized carbons (Fsp3) is 0.300. The van der Waals surface area contributed by atoms with Gasteiger partial charge >= 0.3 is 0 Å². The molecule has 1 saturated heterocycles. The number of nitrogens with one attached hydrogen (secondary N) is 2. The Morgan fingerprint density at radius 2 is 1.85 bits per heavy atom. The molecular weight excluding hydrogens is 493 g/mol. The van der Waals surface area contributed by atoms with Crippen LogP contribution in [0.2, 0.25) is 0 Å². The monoisotopic (exact) mass is 525 g/mol. The number of halogens is 1. The first kappa shape index (κ1) is 25.1. The Balaban J connectivity index is 1.33. The van der Waals surface area contributed by atoms with Gasteiger partial charge in [0.25, 0.3) is 5.91 Å². The molecule has 3 heterocycles. The molecule has 39 heavy (non-hydrogen) atoms. The molecule has 2 unspecified atom stereocenters. The fourth-order valence-electron chi connectivity index (χ4n) is 5.78. The Bertz CT molecular complexity index is 1420. The van der Waals surface area contributed by atoms with Crippen LogP contribution in [-0.2, 0) is 4.79 Å². The van der Waals surface area contributed by atoms with Crippen LogP contribution < -0.4 is 16.4 Å². The number of guanidine groups is 1. The van der Waals surface area contributed by atoms with E-state index in [0.717, 1.165) is 36.1 Å². The number of fused-ring (bicyclic) bond motifs is 3. The molecule has 1 aromatic heterocycles. The van der Waals surface area contributed by atoms with Crippen molar-refractivity contribution in [1.29, 1.82) is 0 Å². The molecular formula is C30H32FN7O. The Morgan fingerprint density at radius 1 is 1.08 bits per heavy atom. The summed E-state index contributed by atoms with van der Waals surface area (Å²) in [7, 11) is 1.77. The number of aliphatic imine (C=N–C) groups is 1. The van der Waals surface area contributed by atoms with Gasteiger partial charge in [-0.15, -0.1) is 0 Å². The number of rotatable bonds is 6. The van der Waals surface area contributed by atoms with Gasteiger partial charge < -0.3 is 21.3 Å². The van der Waals surface area contributed by atoms with E-state index in [4.69, 9.17) is 10.7 Å². The highest BCUT2D eigenvalue weighted by Crippen LogP contribution is 2.37. The maximum atomic E-state index is 13.7. The summed E-state index contributed by atoms with van der Waals surface area (Å²) < 4.78 is 13.3. The van der Waals surface area contributed by atoms with E-state index in [1.165, 1.54) is 12.3 Å². The van der Waals surface area contributed by atoms with Crippen molar-refractivity contribution in [2.75, 3.05) is 12.4 Å². The minimum atomic E-state index is -0.626. The minimum absolute atomic E-state index is 0.155. The van der Waals surface area contributed by atoms with E-state index in [9.17, 15) is 9.18 Å². The molecule has 0 spiro atoms. The van der Waals surface area contributed by atoms with Crippen LogP contribution in [0, 0.1) is 5.82 Å². The van der Waals surface area contributed by atoms with Gasteiger partial charge in [-0.1, -0.05) is 42.5 Å². The number of carbonyl (C=O) groups excluding carboxylic acids is 1. The van der Waals surface area contributed by atoms with Crippen molar-refractivity contribution in [1.82, 2.24) is 20.1 Å². The van der Waals surface area contributed by atoms with E-state index in [2.05, 4.69) is 20.5 Å². The lowest BCUT2D eigenvalue weighted by molar-refractivity contribution is -0.125. The van der Waals surface area contributed by atoms with Crippen LogP contribution in [0.1, 0.15) is 37.8 Å². The number of likely N-dealkylation sites (N-methyl/N-ethyl adjacent to an activating group) is 1. The van der Waals surface area contributed by atoms with E-state index in [-0.39, 0.29) is 29.8 Å². The summed E-state index contributed by atoms with van der Waals surface area (Å²) in [6.07, 6.45) is 3.73. The number of pyridine rings is 1. The molecule has 1 amide bonds. The van der Waals surface area contributed by atoms with Gasteiger partial charge in [-0.25, -0.2) is 9.38 Å². The van der Waals surface area contributed by atoms with Crippen LogP contribution in [-0.4, -0.2) is 51.9 Å². The molecule has 0 radical (unpaired) electrons. The molecule has 2 aliphatic heterocycles. The van der Waals surface area contributed by atoms with E-state index in [1.807, 2.05) is 61.5 Å². The van der Waals surface area contributed by atoms with Crippen molar-refractivity contribution in [2.45, 2.75) is 50.5 Å². The molecule has 1 aliphatic carbocycles. The predicted octanol–water partition coefficient (Wildman–Crippen LogP) is 4.21. The van der Waals surface area contributed by atoms with Crippen LogP contribution in [0.25, 0.3) is 11.3 Å². The fourth-order valence-corrected chi connectivity index (χ4v) is 5.78. The standard InChI is InChI=1S/C30H32FN7O/c1-18(19-11-13-20(14-12-19)23-16-15-21(31)17-33-23)34-28(35-22-7-4-3-5-8-22)26-27(32)38-25-10-6-9-24(25)36-30(38)37(2)29(26)39/h3-5,7-8,11-18,24-25,27,34-35H,6,9-10,32H2,1-2H3/b28-26-/t18?,24-,25+,27?/m1/s1. The first-order valence-corrected chi connectivity index (χ1v) is 13.3. The number of aromatic nitrogens is 1. The average Bonchev–Trinajstić information content (AvgIpc) is 3.55. The minimum Gasteiger partial charge on any atom is -0.365 e. The Hall–Kier alpha value is -4.24. The number of hydrogen-bond acceptors (Lipinski definition) is 7. The number of nitrogens with zero attached hydrogens (tertiary/aromatic N) is 4. The lowest BCUT2D eigenvalue weighted by atomic mass is 10.0. The van der Waals surface area contributed by atoms with Gasteiger partial charge in [0.2, 0.25) is 5.96 Å². The summed E-state index contributed by atoms with van der Waals surface area (Å²) in [4.78, 5) is 26.5. The number of hydrogen-bond donors (Lipinski definition) is 3. The highest BCUT2D eigenvalue weighted by Gasteiger charge is 2.50. The maximum absolute atomic E-state index is 13.7. The first-order chi connectivity index (χ1) is 18.9. The van der Waals surface area contributed by atoms with Crippen LogP contribution >= 0.6 is 0 Å². The largest absolute Gasteiger partial charge is 0.365 e. The molecule has 4 N–H and O–H groups in total. The molecule has 4 atom stereocenters. The number of benzene rings is 2. The quantitative estimate of drug-likeness (QED) is 0.417. The highest BCUT2D eigenvalue weighted by atomic mass is 19.1. The van der Waals surface area contributed by atoms with Crippen molar-refractivity contribution in [3.8, 4) is 11.3 Å². The lowest BCUT2D eigenvalue weighted by Gasteiger charge is -2.42. The van der Waals surface area contributed by atoms with Gasteiger partial charge in [0, 0.05) is 24.3 Å². The second kappa shape index (κ2) is 10.1. The summed E-state index contributed by atoms with van der Waals surface area (Å²) in [6, 6.07) is 21.0. The molecule has 3 aliphatic rings. The summed E-state index contributed by atoms with van der Waals surface area (Å²) in [5.74, 6) is 0.704. The summed E-state index contributed by atoms with van der Waals surface area (Å²) in [6.45, 7) is 2.04. The first-order valence-electron chi connectivity index (χ1n) is 13.3. The zero-order valence-electron chi connectivity index (χ0n) is 22.0. The number of amides is 1. The molecule has 8 nitrogen and oxygen atoms in total. The number of carbonyl (C=O) groups is 1. The van der Waals surface area contributed by atoms with Crippen molar-refractivity contribution < 1.29 is 9.18 Å². The van der Waals surface area contributed by atoms with Crippen molar-refractivity contribution >= 4 is 17.6 Å². The van der Waals surface area contributed by atoms with Gasteiger partial charge in [-0.05, 0) is 56.0 Å². The molecule has 200 valence electrons. The second-order valence-electron chi connectivity index (χ2n) is 10.3. The summed E-state index contributed by atoms with van der Waals surface area (Å²) in [5, 5.41) is 6.99. The van der Waals surface area contributed by atoms with E-state index < -0.39 is 6.17 Å². The number of para-hydroxylation sites is 1. The van der Waals surface area contributed by atoms with Gasteiger partial charge in [0.15, 0.2) is 0 Å². The third kappa shape index (κ3) is 4.63. The van der Waals surface area contributed by atoms with Crippen molar-refractivity contribution in [2.24, 2.45) is 10.7 Å². The molecule has 3 aromatic rings. The molecule has 0 bridgehead atoms. The molecule has 9 heteroatoms. The van der Waals surface area contributed by atoms with Crippen LogP contribution in [0.4, 0.5) is 10.1 Å². The van der Waals surface area contributed by atoms with Gasteiger partial charge in [0.05, 0.1) is 29.5 Å². The highest BCUT2D eigenvalue weighted by molar-refractivity contribution is 6.10. The predicted molar refractivity (Wildman–Crippen MR) is 150 cm³/mol. The Kier molecular flexibility index (Phi) is 6.52. The molecule has 2 aromatic carbocycles. The number of nitrogens with two attached hydrogens (primary N) is 1. The van der Waals surface area contributed by atoms with E-state index >= 15 is 0 Å². The van der Waals surface area contributed by atoms with Crippen molar-refractivity contribution in [3.63, 3.8) is 0 Å². The zero-order valence-corrected chi connectivity index (χ0v) is 22.0. The Labute approximate surface area is 227 Å². The maximum Gasteiger partial charge on any atom is 0.263 e. The van der Waals surface area contributed by atoms with E-state index in [0.29, 0.717) is 23.0 Å².